The van der Waals surface area contributed by atoms with Crippen LogP contribution in [0.2, 0.25) is 0 Å². The molecule has 3 fully saturated rings. The Morgan fingerprint density at radius 3 is 2.41 bits per heavy atom. The van der Waals surface area contributed by atoms with Gasteiger partial charge in [0.05, 0.1) is 0 Å². The van der Waals surface area contributed by atoms with Gasteiger partial charge in [0.1, 0.15) is 11.6 Å². The average Bonchev–Trinajstić information content (AvgIpc) is 3.44. The summed E-state index contributed by atoms with van der Waals surface area (Å²) >= 11 is 3.18. The van der Waals surface area contributed by atoms with Crippen LogP contribution in [0, 0.1) is 5.92 Å². The molecule has 1 saturated carbocycles. The first-order valence-electron chi connectivity index (χ1n) is 15.2. The standard InChI is InChI=1S/C31H48N4O4S2/c1-31(2,3)39-30(38)35-18-19-41-29(35)28(37)33-26(22-40-21-24-12-8-5-9-13-24)27(36)32-25-14-16-34(17-15-25)20-23-10-6-4-7-11-23/h4,6-7,10-11,24-26,29H,5,8-9,12-22H2,1-3H3,(H,32,36)(H,33,37). The second-order valence-corrected chi connectivity index (χ2v) is 14.8. The lowest BCUT2D eigenvalue weighted by Crippen LogP contribution is -2.56. The number of ether oxygens (including phenoxy) is 1. The van der Waals surface area contributed by atoms with Crippen molar-refractivity contribution in [1.82, 2.24) is 20.4 Å². The summed E-state index contributed by atoms with van der Waals surface area (Å²) in [6.45, 7) is 8.68. The van der Waals surface area contributed by atoms with Gasteiger partial charge in [0.25, 0.3) is 5.91 Å². The molecule has 0 bridgehead atoms. The number of rotatable bonds is 10. The number of hydrogen-bond donors (Lipinski definition) is 2. The number of thioether (sulfide) groups is 2. The Balaban J connectivity index is 1.32. The summed E-state index contributed by atoms with van der Waals surface area (Å²) in [6.07, 6.45) is 7.68. The van der Waals surface area contributed by atoms with Gasteiger partial charge in [0, 0.05) is 43.7 Å². The molecule has 3 amide bonds. The van der Waals surface area contributed by atoms with Gasteiger partial charge < -0.3 is 15.4 Å². The minimum atomic E-state index is -0.690. The summed E-state index contributed by atoms with van der Waals surface area (Å²) in [4.78, 5) is 43.7. The minimum absolute atomic E-state index is 0.0939. The molecular weight excluding hydrogens is 556 g/mol. The molecule has 2 atom stereocenters. The molecule has 2 unspecified atom stereocenters. The van der Waals surface area contributed by atoms with E-state index in [2.05, 4.69) is 39.8 Å². The van der Waals surface area contributed by atoms with E-state index in [-0.39, 0.29) is 17.9 Å². The van der Waals surface area contributed by atoms with Crippen LogP contribution in [0.25, 0.3) is 0 Å². The van der Waals surface area contributed by atoms with Crippen LogP contribution in [-0.4, -0.2) is 87.7 Å². The smallest absolute Gasteiger partial charge is 0.411 e. The molecule has 228 valence electrons. The van der Waals surface area contributed by atoms with Gasteiger partial charge in [-0.15, -0.1) is 11.8 Å². The highest BCUT2D eigenvalue weighted by Gasteiger charge is 2.39. The van der Waals surface area contributed by atoms with E-state index in [4.69, 9.17) is 4.74 Å². The van der Waals surface area contributed by atoms with Crippen LogP contribution in [0.1, 0.15) is 71.3 Å². The van der Waals surface area contributed by atoms with Crippen molar-refractivity contribution in [3.05, 3.63) is 35.9 Å². The fourth-order valence-electron chi connectivity index (χ4n) is 5.71. The van der Waals surface area contributed by atoms with Gasteiger partial charge in [0.15, 0.2) is 5.37 Å². The summed E-state index contributed by atoms with van der Waals surface area (Å²) in [5.74, 6) is 2.48. The van der Waals surface area contributed by atoms with Crippen molar-refractivity contribution in [2.24, 2.45) is 5.92 Å². The molecule has 0 aromatic heterocycles. The molecular formula is C31H48N4O4S2. The maximum atomic E-state index is 13.6. The monoisotopic (exact) mass is 604 g/mol. The third-order valence-electron chi connectivity index (χ3n) is 7.92. The first-order chi connectivity index (χ1) is 19.7. The predicted octanol–water partition coefficient (Wildman–Crippen LogP) is 4.88. The number of likely N-dealkylation sites (tertiary alicyclic amines) is 1. The molecule has 10 heteroatoms. The van der Waals surface area contributed by atoms with Crippen molar-refractivity contribution < 1.29 is 19.1 Å². The van der Waals surface area contributed by atoms with Crippen LogP contribution in [0.4, 0.5) is 4.79 Å². The lowest BCUT2D eigenvalue weighted by atomic mass is 9.91. The number of hydrogen-bond acceptors (Lipinski definition) is 7. The molecule has 41 heavy (non-hydrogen) atoms. The summed E-state index contributed by atoms with van der Waals surface area (Å²) in [5.41, 5.74) is 0.665. The minimum Gasteiger partial charge on any atom is -0.444 e. The number of benzene rings is 1. The maximum Gasteiger partial charge on any atom is 0.411 e. The van der Waals surface area contributed by atoms with Crippen LogP contribution in [-0.2, 0) is 20.9 Å². The van der Waals surface area contributed by atoms with Crippen LogP contribution < -0.4 is 10.6 Å². The van der Waals surface area contributed by atoms with Gasteiger partial charge in [-0.3, -0.25) is 19.4 Å². The number of nitrogens with zero attached hydrogens (tertiary/aromatic N) is 2. The zero-order chi connectivity index (χ0) is 29.2. The molecule has 2 N–H and O–H groups in total. The van der Waals surface area contributed by atoms with E-state index in [1.54, 1.807) is 11.8 Å². The lowest BCUT2D eigenvalue weighted by molar-refractivity contribution is -0.130. The van der Waals surface area contributed by atoms with Crippen LogP contribution in [0.15, 0.2) is 30.3 Å². The van der Waals surface area contributed by atoms with Gasteiger partial charge in [0.2, 0.25) is 5.91 Å². The number of piperidine rings is 1. The molecule has 1 aromatic rings. The first-order valence-corrected chi connectivity index (χ1v) is 17.4. The lowest BCUT2D eigenvalue weighted by Gasteiger charge is -2.33. The highest BCUT2D eigenvalue weighted by atomic mass is 32.2. The summed E-state index contributed by atoms with van der Waals surface area (Å²) in [5, 5.41) is 5.58. The molecule has 0 spiro atoms. The van der Waals surface area contributed by atoms with Crippen LogP contribution >= 0.6 is 23.5 Å². The molecule has 8 nitrogen and oxygen atoms in total. The molecule has 2 saturated heterocycles. The summed E-state index contributed by atoms with van der Waals surface area (Å²) in [7, 11) is 0. The quantitative estimate of drug-likeness (QED) is 0.394. The van der Waals surface area contributed by atoms with Gasteiger partial charge in [-0.1, -0.05) is 49.6 Å². The van der Waals surface area contributed by atoms with Crippen molar-refractivity contribution >= 4 is 41.4 Å². The van der Waals surface area contributed by atoms with Crippen molar-refractivity contribution in [3.8, 4) is 0 Å². The Morgan fingerprint density at radius 2 is 1.73 bits per heavy atom. The van der Waals surface area contributed by atoms with E-state index in [9.17, 15) is 14.4 Å². The molecule has 1 aliphatic carbocycles. The topological polar surface area (TPSA) is 91.0 Å². The van der Waals surface area contributed by atoms with Gasteiger partial charge >= 0.3 is 6.09 Å². The Morgan fingerprint density at radius 1 is 1.02 bits per heavy atom. The fourth-order valence-corrected chi connectivity index (χ4v) is 8.10. The maximum absolute atomic E-state index is 13.6. The van der Waals surface area contributed by atoms with E-state index in [0.29, 0.717) is 24.0 Å². The van der Waals surface area contributed by atoms with E-state index in [0.717, 1.165) is 38.2 Å². The predicted molar refractivity (Wildman–Crippen MR) is 168 cm³/mol. The largest absolute Gasteiger partial charge is 0.444 e. The van der Waals surface area contributed by atoms with Crippen molar-refractivity contribution in [1.29, 1.82) is 0 Å². The fraction of sp³-hybridized carbons (Fsp3) is 0.710. The molecule has 3 aliphatic rings. The third-order valence-corrected chi connectivity index (χ3v) is 10.4. The molecule has 2 aliphatic heterocycles. The number of nitrogens with one attached hydrogen (secondary N) is 2. The first kappa shape index (κ1) is 32.0. The second kappa shape index (κ2) is 15.5. The molecule has 1 aromatic carbocycles. The molecule has 2 heterocycles. The Labute approximate surface area is 254 Å². The average molecular weight is 605 g/mol. The Bertz CT molecular complexity index is 992. The van der Waals surface area contributed by atoms with E-state index in [1.807, 2.05) is 26.8 Å². The highest BCUT2D eigenvalue weighted by molar-refractivity contribution is 8.00. The van der Waals surface area contributed by atoms with Crippen molar-refractivity contribution in [2.45, 2.75) is 95.3 Å². The summed E-state index contributed by atoms with van der Waals surface area (Å²) < 4.78 is 5.54. The molecule has 4 rings (SSSR count). The number of carbonyl (C=O) groups excluding carboxylic acids is 3. The number of amides is 3. The van der Waals surface area contributed by atoms with Gasteiger partial charge in [-0.2, -0.15) is 11.8 Å². The Hall–Kier alpha value is -1.91. The van der Waals surface area contributed by atoms with E-state index < -0.39 is 23.1 Å². The van der Waals surface area contributed by atoms with Crippen LogP contribution in [0.5, 0.6) is 0 Å². The molecule has 0 radical (unpaired) electrons. The van der Waals surface area contributed by atoms with Gasteiger partial charge in [-0.05, 0) is 63.7 Å². The SMILES string of the molecule is CC(C)(C)OC(=O)N1CCSC1C(=O)NC(CSCC1CCCCC1)C(=O)NC1CCN(Cc2ccccc2)CC1. The van der Waals surface area contributed by atoms with Gasteiger partial charge in [-0.25, -0.2) is 4.79 Å². The van der Waals surface area contributed by atoms with E-state index in [1.165, 1.54) is 54.3 Å². The third kappa shape index (κ3) is 10.4. The zero-order valence-electron chi connectivity index (χ0n) is 24.9. The number of carbonyl (C=O) groups is 3. The zero-order valence-corrected chi connectivity index (χ0v) is 26.6. The Kier molecular flexibility index (Phi) is 12.1. The van der Waals surface area contributed by atoms with Crippen molar-refractivity contribution in [3.63, 3.8) is 0 Å². The normalized spacial score (nSPS) is 21.8. The van der Waals surface area contributed by atoms with Crippen LogP contribution in [0.3, 0.4) is 0 Å². The van der Waals surface area contributed by atoms with Crippen molar-refractivity contribution in [2.75, 3.05) is 36.9 Å². The second-order valence-electron chi connectivity index (χ2n) is 12.5. The highest BCUT2D eigenvalue weighted by Crippen LogP contribution is 2.28. The summed E-state index contributed by atoms with van der Waals surface area (Å²) in [6, 6.07) is 9.93. The van der Waals surface area contributed by atoms with E-state index >= 15 is 0 Å².